The molecule has 0 bridgehead atoms. The number of carbonyl (C=O) groups is 4. The van der Waals surface area contributed by atoms with Crippen LogP contribution < -0.4 is 30.9 Å². The van der Waals surface area contributed by atoms with Crippen molar-refractivity contribution in [3.63, 3.8) is 0 Å². The van der Waals surface area contributed by atoms with Crippen LogP contribution in [0.4, 0.5) is 11.4 Å². The molecule has 0 spiro atoms. The van der Waals surface area contributed by atoms with Crippen LogP contribution in [0.5, 0.6) is 0 Å². The SMILES string of the molecule is CCNC(=O)[C@@H](NC(=O)[C@H](C)NC[C@H](Cc1ccccc1)NC(=O)c1cc(C(=O)N[C@H](C)c2ccccc2)cc(N(c2ccccc2)S(C)(=O)=O)c1)C(C)C. The monoisotopic (exact) mass is 768 g/mol. The summed E-state index contributed by atoms with van der Waals surface area (Å²) in [5, 5.41) is 14.8. The number of nitrogens with zero attached hydrogens (tertiary/aromatic N) is 1. The van der Waals surface area contributed by atoms with Gasteiger partial charge in [-0.15, -0.1) is 0 Å². The first-order chi connectivity index (χ1) is 26.2. The molecule has 4 aromatic carbocycles. The predicted molar refractivity (Wildman–Crippen MR) is 217 cm³/mol. The van der Waals surface area contributed by atoms with Crippen molar-refractivity contribution >= 4 is 45.0 Å². The summed E-state index contributed by atoms with van der Waals surface area (Å²) in [4.78, 5) is 53.8. The minimum Gasteiger partial charge on any atom is -0.355 e. The molecule has 0 unspecified atom stereocenters. The Hall–Kier alpha value is -5.53. The molecule has 12 nitrogen and oxygen atoms in total. The minimum atomic E-state index is -3.94. The molecule has 13 heteroatoms. The first kappa shape index (κ1) is 42.2. The third kappa shape index (κ3) is 12.2. The average Bonchev–Trinajstić information content (AvgIpc) is 3.16. The average molecular weight is 769 g/mol. The molecule has 0 aromatic heterocycles. The number of amides is 4. The Morgan fingerprint density at radius 2 is 1.22 bits per heavy atom. The standard InChI is InChI=1S/C42H52N6O6S/c1-7-43-42(52)38(28(2)3)47-39(49)30(5)44-27-35(23-31-17-11-8-12-18-31)46-41(51)34-24-33(40(50)45-29(4)32-19-13-9-14-20-32)25-37(26-34)48(55(6,53)54)36-21-15-10-16-22-36/h8-22,24-26,28-30,35,38,44H,7,23,27H2,1-6H3,(H,43,52)(H,45,50)(H,46,51)(H,47,49)/t29-,30+,35+,38+/m1/s1. The molecule has 4 aromatic rings. The van der Waals surface area contributed by atoms with Crippen molar-refractivity contribution < 1.29 is 27.6 Å². The Morgan fingerprint density at radius 3 is 1.76 bits per heavy atom. The highest BCUT2D eigenvalue weighted by Gasteiger charge is 2.28. The molecular weight excluding hydrogens is 717 g/mol. The van der Waals surface area contributed by atoms with Crippen molar-refractivity contribution in [1.82, 2.24) is 26.6 Å². The fourth-order valence-electron chi connectivity index (χ4n) is 6.04. The molecule has 0 aliphatic heterocycles. The zero-order valence-electron chi connectivity index (χ0n) is 32.2. The molecule has 4 atom stereocenters. The quantitative estimate of drug-likeness (QED) is 0.0964. The molecule has 0 saturated carbocycles. The molecule has 0 heterocycles. The van der Waals surface area contributed by atoms with E-state index in [-0.39, 0.29) is 47.1 Å². The van der Waals surface area contributed by atoms with Gasteiger partial charge in [-0.2, -0.15) is 0 Å². The Kier molecular flexibility index (Phi) is 15.1. The number of carbonyl (C=O) groups excluding carboxylic acids is 4. The van der Waals surface area contributed by atoms with Gasteiger partial charge in [-0.3, -0.25) is 19.2 Å². The van der Waals surface area contributed by atoms with E-state index in [1.54, 1.807) is 37.3 Å². The van der Waals surface area contributed by atoms with Crippen molar-refractivity contribution in [2.45, 2.75) is 65.2 Å². The molecule has 55 heavy (non-hydrogen) atoms. The lowest BCUT2D eigenvalue weighted by molar-refractivity contribution is -0.130. The second-order valence-electron chi connectivity index (χ2n) is 13.9. The van der Waals surface area contributed by atoms with Crippen LogP contribution in [0, 0.1) is 5.92 Å². The van der Waals surface area contributed by atoms with Gasteiger partial charge in [0.2, 0.25) is 21.8 Å². The summed E-state index contributed by atoms with van der Waals surface area (Å²) in [5.74, 6) is -1.83. The maximum Gasteiger partial charge on any atom is 0.251 e. The number of sulfonamides is 1. The fourth-order valence-corrected chi connectivity index (χ4v) is 7.03. The summed E-state index contributed by atoms with van der Waals surface area (Å²) >= 11 is 0. The van der Waals surface area contributed by atoms with Gasteiger partial charge in [0.1, 0.15) is 6.04 Å². The van der Waals surface area contributed by atoms with E-state index >= 15 is 0 Å². The normalized spacial score (nSPS) is 13.5. The summed E-state index contributed by atoms with van der Waals surface area (Å²) in [5.41, 5.74) is 2.38. The van der Waals surface area contributed by atoms with E-state index < -0.39 is 40.0 Å². The number of rotatable bonds is 18. The molecule has 4 amide bonds. The van der Waals surface area contributed by atoms with Crippen molar-refractivity contribution in [3.05, 3.63) is 131 Å². The van der Waals surface area contributed by atoms with Crippen LogP contribution in [-0.2, 0) is 26.0 Å². The number of anilines is 2. The van der Waals surface area contributed by atoms with Gasteiger partial charge in [-0.05, 0) is 74.6 Å². The second-order valence-corrected chi connectivity index (χ2v) is 15.7. The number of para-hydroxylation sites is 1. The van der Waals surface area contributed by atoms with E-state index in [1.165, 1.54) is 18.2 Å². The molecule has 292 valence electrons. The topological polar surface area (TPSA) is 166 Å². The highest BCUT2D eigenvalue weighted by atomic mass is 32.2. The smallest absolute Gasteiger partial charge is 0.251 e. The molecule has 5 N–H and O–H groups in total. The van der Waals surface area contributed by atoms with E-state index in [1.807, 2.05) is 88.4 Å². The third-order valence-electron chi connectivity index (χ3n) is 8.97. The summed E-state index contributed by atoms with van der Waals surface area (Å²) in [6.07, 6.45) is 1.45. The van der Waals surface area contributed by atoms with Gasteiger partial charge in [0.15, 0.2) is 0 Å². The van der Waals surface area contributed by atoms with Gasteiger partial charge < -0.3 is 26.6 Å². The van der Waals surface area contributed by atoms with Crippen LogP contribution in [0.2, 0.25) is 0 Å². The number of hydrogen-bond donors (Lipinski definition) is 5. The Morgan fingerprint density at radius 1 is 0.673 bits per heavy atom. The minimum absolute atomic E-state index is 0.0603. The predicted octanol–water partition coefficient (Wildman–Crippen LogP) is 4.87. The van der Waals surface area contributed by atoms with Crippen LogP contribution >= 0.6 is 0 Å². The molecule has 0 radical (unpaired) electrons. The van der Waals surface area contributed by atoms with Crippen molar-refractivity contribution in [3.8, 4) is 0 Å². The lowest BCUT2D eigenvalue weighted by Gasteiger charge is -2.26. The maximum atomic E-state index is 14.2. The van der Waals surface area contributed by atoms with E-state index in [9.17, 15) is 27.6 Å². The Labute approximate surface area is 324 Å². The highest BCUT2D eigenvalue weighted by Crippen LogP contribution is 2.30. The van der Waals surface area contributed by atoms with E-state index in [2.05, 4.69) is 26.6 Å². The number of likely N-dealkylation sites (N-methyl/N-ethyl adjacent to an activating group) is 1. The maximum absolute atomic E-state index is 14.2. The van der Waals surface area contributed by atoms with Gasteiger partial charge in [0, 0.05) is 30.3 Å². The molecular formula is C42H52N6O6S. The first-order valence-corrected chi connectivity index (χ1v) is 20.2. The first-order valence-electron chi connectivity index (χ1n) is 18.4. The van der Waals surface area contributed by atoms with E-state index in [0.717, 1.165) is 21.7 Å². The molecule has 0 saturated heterocycles. The van der Waals surface area contributed by atoms with Crippen LogP contribution in [0.1, 0.15) is 72.5 Å². The summed E-state index contributed by atoms with van der Waals surface area (Å²) in [7, 11) is -3.94. The lowest BCUT2D eigenvalue weighted by Crippen LogP contribution is -2.55. The summed E-state index contributed by atoms with van der Waals surface area (Å²) < 4.78 is 27.6. The van der Waals surface area contributed by atoms with Crippen LogP contribution in [0.25, 0.3) is 0 Å². The van der Waals surface area contributed by atoms with Crippen LogP contribution in [-0.4, -0.2) is 69.5 Å². The zero-order chi connectivity index (χ0) is 40.1. The molecule has 4 rings (SSSR count). The van der Waals surface area contributed by atoms with Gasteiger partial charge in [-0.1, -0.05) is 92.7 Å². The number of nitrogens with one attached hydrogen (secondary N) is 5. The Balaban J connectivity index is 1.66. The molecule has 0 aliphatic rings. The fraction of sp³-hybridized carbons (Fsp3) is 0.333. The summed E-state index contributed by atoms with van der Waals surface area (Å²) in [6.45, 7) is 9.64. The van der Waals surface area contributed by atoms with Gasteiger partial charge >= 0.3 is 0 Å². The third-order valence-corrected chi connectivity index (χ3v) is 10.1. The largest absolute Gasteiger partial charge is 0.355 e. The zero-order valence-corrected chi connectivity index (χ0v) is 33.0. The van der Waals surface area contributed by atoms with Gasteiger partial charge in [-0.25, -0.2) is 12.7 Å². The van der Waals surface area contributed by atoms with E-state index in [4.69, 9.17) is 0 Å². The highest BCUT2D eigenvalue weighted by molar-refractivity contribution is 7.92. The number of hydrogen-bond acceptors (Lipinski definition) is 7. The van der Waals surface area contributed by atoms with Crippen molar-refractivity contribution in [2.24, 2.45) is 5.92 Å². The van der Waals surface area contributed by atoms with Crippen molar-refractivity contribution in [2.75, 3.05) is 23.7 Å². The van der Waals surface area contributed by atoms with Gasteiger partial charge in [0.25, 0.3) is 11.8 Å². The van der Waals surface area contributed by atoms with E-state index in [0.29, 0.717) is 18.7 Å². The number of benzene rings is 4. The van der Waals surface area contributed by atoms with Crippen LogP contribution in [0.15, 0.2) is 109 Å². The van der Waals surface area contributed by atoms with Crippen molar-refractivity contribution in [1.29, 1.82) is 0 Å². The van der Waals surface area contributed by atoms with Gasteiger partial charge in [0.05, 0.1) is 29.7 Å². The second kappa shape index (κ2) is 19.7. The summed E-state index contributed by atoms with van der Waals surface area (Å²) in [6, 6.07) is 29.3. The molecule has 0 fully saturated rings. The van der Waals surface area contributed by atoms with Crippen LogP contribution in [0.3, 0.4) is 0 Å². The molecule has 0 aliphatic carbocycles. The lowest BCUT2D eigenvalue weighted by atomic mass is 10.0. The Bertz CT molecular complexity index is 2010.